The van der Waals surface area contributed by atoms with E-state index < -0.39 is 30.7 Å². The molecule has 0 aromatic heterocycles. The monoisotopic (exact) mass is 208 g/mol. The van der Waals surface area contributed by atoms with Gasteiger partial charge in [0.05, 0.1) is 0 Å². The van der Waals surface area contributed by atoms with Crippen molar-refractivity contribution in [1.29, 1.82) is 0 Å². The topological polar surface area (TPSA) is 18.5 Å². The second kappa shape index (κ2) is 3.00. The lowest BCUT2D eigenvalue weighted by atomic mass is 10.5. The molecule has 0 N–H and O–H groups in total. The summed E-state index contributed by atoms with van der Waals surface area (Å²) in [5, 5.41) is 0. The predicted molar refractivity (Wildman–Crippen MR) is 26.2 cm³/mol. The van der Waals surface area contributed by atoms with Crippen LogP contribution in [0, 0.1) is 0 Å². The van der Waals surface area contributed by atoms with Crippen molar-refractivity contribution >= 4 is 0 Å². The molecule has 0 bridgehead atoms. The number of ether oxygens (including phenoxy) is 2. The summed E-state index contributed by atoms with van der Waals surface area (Å²) in [6.45, 7) is 0. The highest BCUT2D eigenvalue weighted by Crippen LogP contribution is 2.36. The van der Waals surface area contributed by atoms with E-state index in [1.165, 1.54) is 0 Å². The van der Waals surface area contributed by atoms with Gasteiger partial charge in [0.15, 0.2) is 0 Å². The van der Waals surface area contributed by atoms with E-state index in [-0.39, 0.29) is 0 Å². The fourth-order valence-electron chi connectivity index (χ4n) is 0.597. The molecule has 0 aromatic carbocycles. The zero-order valence-electron chi connectivity index (χ0n) is 5.74. The molecule has 76 valence electrons. The standard InChI is InChI=1S/C5H2F6O2/c6-2-1(5(9,10)11)12-3(7)4(8)13-2/h3-4H. The fraction of sp³-hybridized carbons (Fsp3) is 0.600. The van der Waals surface area contributed by atoms with Crippen LogP contribution in [-0.2, 0) is 9.47 Å². The van der Waals surface area contributed by atoms with Gasteiger partial charge in [-0.05, 0) is 0 Å². The van der Waals surface area contributed by atoms with Crippen LogP contribution in [-0.4, -0.2) is 18.9 Å². The average Bonchev–Trinajstić information content (AvgIpc) is 1.94. The summed E-state index contributed by atoms with van der Waals surface area (Å²) in [5.41, 5.74) is 0. The van der Waals surface area contributed by atoms with Crippen molar-refractivity contribution in [3.8, 4) is 0 Å². The first-order valence-electron chi connectivity index (χ1n) is 2.91. The maximum Gasteiger partial charge on any atom is 0.455 e. The smallest absolute Gasteiger partial charge is 0.443 e. The van der Waals surface area contributed by atoms with Crippen LogP contribution in [0.3, 0.4) is 0 Å². The summed E-state index contributed by atoms with van der Waals surface area (Å²) in [7, 11) is 0. The Bertz CT molecular complexity index is 234. The van der Waals surface area contributed by atoms with Gasteiger partial charge in [-0.15, -0.1) is 0 Å². The molecular formula is C5H2F6O2. The lowest BCUT2D eigenvalue weighted by Crippen LogP contribution is -2.33. The van der Waals surface area contributed by atoms with Crippen LogP contribution in [0.1, 0.15) is 0 Å². The molecule has 2 nitrogen and oxygen atoms in total. The summed E-state index contributed by atoms with van der Waals surface area (Å²) >= 11 is 0. The molecule has 13 heavy (non-hydrogen) atoms. The maximum absolute atomic E-state index is 12.2. The van der Waals surface area contributed by atoms with E-state index in [0.717, 1.165) is 0 Å². The molecule has 0 radical (unpaired) electrons. The molecular weight excluding hydrogens is 206 g/mol. The Balaban J connectivity index is 2.91. The first-order chi connectivity index (χ1) is 5.82. The molecule has 1 aliphatic heterocycles. The van der Waals surface area contributed by atoms with Gasteiger partial charge in [-0.1, -0.05) is 0 Å². The van der Waals surface area contributed by atoms with Crippen LogP contribution < -0.4 is 0 Å². The number of rotatable bonds is 0. The molecule has 0 fully saturated rings. The van der Waals surface area contributed by atoms with Gasteiger partial charge in [0.2, 0.25) is 0 Å². The van der Waals surface area contributed by atoms with Crippen LogP contribution in [0.5, 0.6) is 0 Å². The average molecular weight is 208 g/mol. The number of halogens is 6. The third kappa shape index (κ3) is 1.99. The molecule has 2 unspecified atom stereocenters. The van der Waals surface area contributed by atoms with E-state index in [9.17, 15) is 26.3 Å². The Morgan fingerprint density at radius 3 is 1.92 bits per heavy atom. The molecule has 0 amide bonds. The van der Waals surface area contributed by atoms with Gasteiger partial charge in [0, 0.05) is 0 Å². The van der Waals surface area contributed by atoms with Crippen molar-refractivity contribution in [2.24, 2.45) is 0 Å². The molecule has 0 saturated carbocycles. The molecule has 1 heterocycles. The molecule has 1 rings (SSSR count). The van der Waals surface area contributed by atoms with Gasteiger partial charge in [-0.2, -0.15) is 26.3 Å². The predicted octanol–water partition coefficient (Wildman–Crippen LogP) is 2.33. The second-order valence-electron chi connectivity index (χ2n) is 2.04. The van der Waals surface area contributed by atoms with Crippen molar-refractivity contribution in [2.75, 3.05) is 0 Å². The normalized spacial score (nSPS) is 29.7. The van der Waals surface area contributed by atoms with Gasteiger partial charge in [-0.3, -0.25) is 0 Å². The summed E-state index contributed by atoms with van der Waals surface area (Å²) in [6.07, 6.45) is -11.1. The largest absolute Gasteiger partial charge is 0.455 e. The first kappa shape index (κ1) is 10.0. The Hall–Kier alpha value is -1.08. The van der Waals surface area contributed by atoms with Crippen molar-refractivity contribution in [2.45, 2.75) is 18.9 Å². The quantitative estimate of drug-likeness (QED) is 0.568. The highest BCUT2D eigenvalue weighted by Gasteiger charge is 2.47. The molecule has 0 aliphatic carbocycles. The summed E-state index contributed by atoms with van der Waals surface area (Å²) in [5.74, 6) is -2.30. The zero-order valence-corrected chi connectivity index (χ0v) is 5.74. The Morgan fingerprint density at radius 1 is 1.00 bits per heavy atom. The third-order valence-corrected chi connectivity index (χ3v) is 1.09. The Labute approximate surface area is 67.7 Å². The third-order valence-electron chi connectivity index (χ3n) is 1.09. The van der Waals surface area contributed by atoms with Crippen molar-refractivity contribution in [3.05, 3.63) is 11.8 Å². The number of hydrogen-bond donors (Lipinski definition) is 0. The van der Waals surface area contributed by atoms with Crippen LogP contribution in [0.2, 0.25) is 0 Å². The number of alkyl halides is 5. The minimum atomic E-state index is -5.24. The van der Waals surface area contributed by atoms with Crippen LogP contribution in [0.4, 0.5) is 26.3 Å². The lowest BCUT2D eigenvalue weighted by molar-refractivity contribution is -0.238. The highest BCUT2D eigenvalue weighted by molar-refractivity contribution is 5.04. The van der Waals surface area contributed by atoms with Gasteiger partial charge in [0.25, 0.3) is 5.76 Å². The van der Waals surface area contributed by atoms with Crippen molar-refractivity contribution in [3.63, 3.8) is 0 Å². The summed E-state index contributed by atoms with van der Waals surface area (Å²) in [4.78, 5) is 0. The van der Waals surface area contributed by atoms with Crippen LogP contribution >= 0.6 is 0 Å². The van der Waals surface area contributed by atoms with E-state index in [0.29, 0.717) is 0 Å². The lowest BCUT2D eigenvalue weighted by Gasteiger charge is -2.24. The molecule has 0 aromatic rings. The van der Waals surface area contributed by atoms with E-state index in [1.807, 2.05) is 0 Å². The van der Waals surface area contributed by atoms with Gasteiger partial charge in [0.1, 0.15) is 0 Å². The van der Waals surface area contributed by atoms with E-state index in [4.69, 9.17) is 0 Å². The van der Waals surface area contributed by atoms with E-state index in [1.54, 1.807) is 0 Å². The molecule has 2 atom stereocenters. The van der Waals surface area contributed by atoms with Crippen LogP contribution in [0.25, 0.3) is 0 Å². The summed E-state index contributed by atoms with van der Waals surface area (Å²) in [6, 6.07) is -2.31. The minimum absolute atomic E-state index is 2.30. The van der Waals surface area contributed by atoms with Crippen molar-refractivity contribution < 1.29 is 35.8 Å². The minimum Gasteiger partial charge on any atom is -0.443 e. The second-order valence-corrected chi connectivity index (χ2v) is 2.04. The molecule has 8 heteroatoms. The van der Waals surface area contributed by atoms with Crippen molar-refractivity contribution in [1.82, 2.24) is 0 Å². The zero-order chi connectivity index (χ0) is 10.2. The molecule has 1 aliphatic rings. The SMILES string of the molecule is FC1=C(C(F)(F)F)OC(F)C(F)O1. The van der Waals surface area contributed by atoms with E-state index in [2.05, 4.69) is 9.47 Å². The Kier molecular flexibility index (Phi) is 2.31. The maximum atomic E-state index is 12.2. The molecule has 0 saturated heterocycles. The summed E-state index contributed by atoms with van der Waals surface area (Å²) < 4.78 is 78.0. The van der Waals surface area contributed by atoms with Crippen LogP contribution in [0.15, 0.2) is 11.8 Å². The fourth-order valence-corrected chi connectivity index (χ4v) is 0.597. The van der Waals surface area contributed by atoms with Gasteiger partial charge in [-0.25, -0.2) is 0 Å². The van der Waals surface area contributed by atoms with E-state index >= 15 is 0 Å². The number of hydrogen-bond acceptors (Lipinski definition) is 2. The van der Waals surface area contributed by atoms with Gasteiger partial charge < -0.3 is 9.47 Å². The van der Waals surface area contributed by atoms with Gasteiger partial charge >= 0.3 is 24.9 Å². The first-order valence-corrected chi connectivity index (χ1v) is 2.91. The highest BCUT2D eigenvalue weighted by atomic mass is 19.4. The number of allylic oxidation sites excluding steroid dienone is 1. The molecule has 0 spiro atoms. The Morgan fingerprint density at radius 2 is 1.46 bits per heavy atom.